The van der Waals surface area contributed by atoms with Crippen LogP contribution in [-0.4, -0.2) is 24.9 Å². The first-order chi connectivity index (χ1) is 29.7. The van der Waals surface area contributed by atoms with Gasteiger partial charge in [-0.15, -0.1) is 0 Å². The summed E-state index contributed by atoms with van der Waals surface area (Å²) in [6, 6.07) is 76.7. The second-order valence-electron chi connectivity index (χ2n) is 14.5. The molecule has 10 aromatic rings. The highest BCUT2D eigenvalue weighted by Crippen LogP contribution is 2.37. The van der Waals surface area contributed by atoms with E-state index in [0.29, 0.717) is 11.6 Å². The van der Waals surface area contributed by atoms with Gasteiger partial charge in [0.1, 0.15) is 0 Å². The predicted octanol–water partition coefficient (Wildman–Crippen LogP) is 13.7. The lowest BCUT2D eigenvalue weighted by Gasteiger charge is -2.15. The van der Waals surface area contributed by atoms with Gasteiger partial charge in [-0.2, -0.15) is 0 Å². The number of pyridine rings is 1. The smallest absolute Gasteiger partial charge is 0.160 e. The van der Waals surface area contributed by atoms with E-state index >= 15 is 0 Å². The Morgan fingerprint density at radius 2 is 0.383 bits per heavy atom. The van der Waals surface area contributed by atoms with Gasteiger partial charge in [-0.25, -0.2) is 24.9 Å². The molecule has 10 rings (SSSR count). The topological polar surface area (TPSA) is 64.5 Å². The first kappa shape index (κ1) is 36.2. The Morgan fingerprint density at radius 1 is 0.167 bits per heavy atom. The van der Waals surface area contributed by atoms with E-state index in [-0.39, 0.29) is 0 Å². The fraction of sp³-hybridized carbons (Fsp3) is 0. The van der Waals surface area contributed by atoms with Crippen molar-refractivity contribution in [3.63, 3.8) is 0 Å². The zero-order valence-corrected chi connectivity index (χ0v) is 32.6. The maximum Gasteiger partial charge on any atom is 0.160 e. The average molecular weight is 768 g/mol. The van der Waals surface area contributed by atoms with E-state index in [1.54, 1.807) is 0 Å². The third kappa shape index (κ3) is 7.76. The van der Waals surface area contributed by atoms with E-state index in [4.69, 9.17) is 24.9 Å². The van der Waals surface area contributed by atoms with Crippen LogP contribution in [-0.2, 0) is 0 Å². The third-order valence-electron chi connectivity index (χ3n) is 10.5. The van der Waals surface area contributed by atoms with Crippen LogP contribution in [0.5, 0.6) is 0 Å². The number of hydrogen-bond acceptors (Lipinski definition) is 5. The SMILES string of the molecule is c1ccc(-c2cc(-c3cc(-c4nc(-c5ccccc5)cc(-c5ccccc5)n4)cc(-c4nc(-c5ccccc5)cc(-c5ccccc5)n4)c3)cc(-c3ccccc3)n2)cc1. The van der Waals surface area contributed by atoms with E-state index in [9.17, 15) is 0 Å². The fourth-order valence-electron chi connectivity index (χ4n) is 7.44. The molecular weight excluding hydrogens is 731 g/mol. The molecule has 0 aliphatic carbocycles. The van der Waals surface area contributed by atoms with Crippen LogP contribution in [0.4, 0.5) is 0 Å². The standard InChI is InChI=1S/C55H37N5/c1-7-19-38(20-8-1)48-34-45(35-49(56-48)39-21-9-2-10-22-39)44-31-46(54-57-50(40-23-11-3-12-24-40)36-51(58-54)41-25-13-4-14-26-41)33-47(32-44)55-59-52(42-27-15-5-16-28-42)37-53(60-55)43-29-17-6-18-30-43/h1-37H. The van der Waals surface area contributed by atoms with Gasteiger partial charge >= 0.3 is 0 Å². The largest absolute Gasteiger partial charge is 0.248 e. The van der Waals surface area contributed by atoms with Crippen molar-refractivity contribution in [3.8, 4) is 101 Å². The first-order valence-corrected chi connectivity index (χ1v) is 20.0. The summed E-state index contributed by atoms with van der Waals surface area (Å²) in [5.41, 5.74) is 14.8. The summed E-state index contributed by atoms with van der Waals surface area (Å²) in [4.78, 5) is 26.3. The molecule has 60 heavy (non-hydrogen) atoms. The van der Waals surface area contributed by atoms with Crippen LogP contribution in [0.1, 0.15) is 0 Å². The van der Waals surface area contributed by atoms with Gasteiger partial charge in [0.2, 0.25) is 0 Å². The molecule has 0 aliphatic heterocycles. The van der Waals surface area contributed by atoms with E-state index in [1.165, 1.54) is 0 Å². The first-order valence-electron chi connectivity index (χ1n) is 20.0. The Morgan fingerprint density at radius 3 is 0.650 bits per heavy atom. The van der Waals surface area contributed by atoms with Crippen LogP contribution in [0.3, 0.4) is 0 Å². The summed E-state index contributed by atoms with van der Waals surface area (Å²) in [5.74, 6) is 1.20. The highest BCUT2D eigenvalue weighted by atomic mass is 14.9. The van der Waals surface area contributed by atoms with Crippen LogP contribution < -0.4 is 0 Å². The summed E-state index contributed by atoms with van der Waals surface area (Å²) >= 11 is 0. The normalized spacial score (nSPS) is 11.0. The minimum absolute atomic E-state index is 0.599. The molecule has 0 bridgehead atoms. The van der Waals surface area contributed by atoms with Crippen LogP contribution in [0, 0.1) is 0 Å². The van der Waals surface area contributed by atoms with E-state index < -0.39 is 0 Å². The van der Waals surface area contributed by atoms with Gasteiger partial charge in [0, 0.05) is 44.5 Å². The lowest BCUT2D eigenvalue weighted by atomic mass is 9.95. The monoisotopic (exact) mass is 767 g/mol. The maximum absolute atomic E-state index is 5.27. The number of rotatable bonds is 9. The van der Waals surface area contributed by atoms with Gasteiger partial charge in [0.15, 0.2) is 11.6 Å². The number of nitrogens with zero attached hydrogens (tertiary/aromatic N) is 5. The van der Waals surface area contributed by atoms with Crippen LogP contribution >= 0.6 is 0 Å². The Labute approximate surface area is 349 Å². The Balaban J connectivity index is 1.24. The van der Waals surface area contributed by atoms with Crippen molar-refractivity contribution < 1.29 is 0 Å². The molecule has 282 valence electrons. The van der Waals surface area contributed by atoms with Gasteiger partial charge in [0.25, 0.3) is 0 Å². The molecule has 0 atom stereocenters. The molecule has 0 saturated heterocycles. The summed E-state index contributed by atoms with van der Waals surface area (Å²) in [7, 11) is 0. The molecule has 0 amide bonds. The summed E-state index contributed by atoms with van der Waals surface area (Å²) < 4.78 is 0. The molecule has 0 N–H and O–H groups in total. The molecule has 5 heteroatoms. The molecule has 7 aromatic carbocycles. The summed E-state index contributed by atoms with van der Waals surface area (Å²) in [6.07, 6.45) is 0. The number of aromatic nitrogens is 5. The van der Waals surface area contributed by atoms with Gasteiger partial charge in [-0.1, -0.05) is 182 Å². The van der Waals surface area contributed by atoms with Crippen molar-refractivity contribution >= 4 is 0 Å². The summed E-state index contributed by atoms with van der Waals surface area (Å²) in [5, 5.41) is 0. The minimum Gasteiger partial charge on any atom is -0.248 e. The van der Waals surface area contributed by atoms with Crippen LogP contribution in [0.25, 0.3) is 101 Å². The van der Waals surface area contributed by atoms with E-state index in [0.717, 1.165) is 89.8 Å². The van der Waals surface area contributed by atoms with Gasteiger partial charge < -0.3 is 0 Å². The second-order valence-corrected chi connectivity index (χ2v) is 14.5. The lowest BCUT2D eigenvalue weighted by molar-refractivity contribution is 1.17. The quantitative estimate of drug-likeness (QED) is 0.146. The highest BCUT2D eigenvalue weighted by Gasteiger charge is 2.18. The number of benzene rings is 7. The van der Waals surface area contributed by atoms with Crippen LogP contribution in [0.15, 0.2) is 224 Å². The Kier molecular flexibility index (Phi) is 9.88. The summed E-state index contributed by atoms with van der Waals surface area (Å²) in [6.45, 7) is 0. The number of hydrogen-bond donors (Lipinski definition) is 0. The molecule has 0 fully saturated rings. The van der Waals surface area contributed by atoms with Crippen molar-refractivity contribution in [2.45, 2.75) is 0 Å². The molecule has 0 unspecified atom stereocenters. The zero-order chi connectivity index (χ0) is 40.1. The van der Waals surface area contributed by atoms with E-state index in [1.807, 2.05) is 109 Å². The fourth-order valence-corrected chi connectivity index (χ4v) is 7.44. The Bertz CT molecular complexity index is 2530. The predicted molar refractivity (Wildman–Crippen MR) is 244 cm³/mol. The molecule has 0 radical (unpaired) electrons. The van der Waals surface area contributed by atoms with Crippen molar-refractivity contribution in [1.82, 2.24) is 24.9 Å². The van der Waals surface area contributed by atoms with E-state index in [2.05, 4.69) is 115 Å². The Hall–Kier alpha value is -8.15. The van der Waals surface area contributed by atoms with Crippen LogP contribution in [0.2, 0.25) is 0 Å². The van der Waals surface area contributed by atoms with Gasteiger partial charge in [0.05, 0.1) is 34.2 Å². The molecule has 0 aliphatic rings. The average Bonchev–Trinajstić information content (AvgIpc) is 3.35. The minimum atomic E-state index is 0.599. The highest BCUT2D eigenvalue weighted by molar-refractivity contribution is 5.84. The molecule has 0 saturated carbocycles. The maximum atomic E-state index is 5.27. The molecular formula is C55H37N5. The van der Waals surface area contributed by atoms with Crippen molar-refractivity contribution in [2.24, 2.45) is 0 Å². The molecule has 5 nitrogen and oxygen atoms in total. The van der Waals surface area contributed by atoms with Crippen molar-refractivity contribution in [2.75, 3.05) is 0 Å². The zero-order valence-electron chi connectivity index (χ0n) is 32.6. The second kappa shape index (κ2) is 16.4. The van der Waals surface area contributed by atoms with Crippen molar-refractivity contribution in [3.05, 3.63) is 224 Å². The third-order valence-corrected chi connectivity index (χ3v) is 10.5. The lowest BCUT2D eigenvalue weighted by Crippen LogP contribution is -1.99. The van der Waals surface area contributed by atoms with Crippen molar-refractivity contribution in [1.29, 1.82) is 0 Å². The molecule has 0 spiro atoms. The molecule has 3 aromatic heterocycles. The van der Waals surface area contributed by atoms with Gasteiger partial charge in [-0.05, 0) is 53.6 Å². The molecule has 3 heterocycles. The van der Waals surface area contributed by atoms with Gasteiger partial charge in [-0.3, -0.25) is 0 Å².